The number of amides is 1. The normalized spacial score (nSPS) is 14.8. The second-order valence-corrected chi connectivity index (χ2v) is 6.26. The van der Waals surface area contributed by atoms with E-state index in [0.29, 0.717) is 44.8 Å². The first-order valence-corrected chi connectivity index (χ1v) is 8.75. The predicted molar refractivity (Wildman–Crippen MR) is 97.2 cm³/mol. The van der Waals surface area contributed by atoms with Gasteiger partial charge < -0.3 is 14.9 Å². The lowest BCUT2D eigenvalue weighted by Gasteiger charge is -2.24. The van der Waals surface area contributed by atoms with Crippen LogP contribution >= 0.6 is 0 Å². The van der Waals surface area contributed by atoms with Crippen LogP contribution in [0.2, 0.25) is 0 Å². The van der Waals surface area contributed by atoms with Crippen LogP contribution in [0.1, 0.15) is 28.8 Å². The molecule has 0 unspecified atom stereocenters. The Labute approximate surface area is 152 Å². The van der Waals surface area contributed by atoms with E-state index < -0.39 is 5.97 Å². The van der Waals surface area contributed by atoms with Gasteiger partial charge in [-0.25, -0.2) is 9.78 Å². The Morgan fingerprint density at radius 3 is 2.62 bits per heavy atom. The first-order chi connectivity index (χ1) is 12.6. The van der Waals surface area contributed by atoms with Gasteiger partial charge in [-0.3, -0.25) is 9.78 Å². The van der Waals surface area contributed by atoms with E-state index in [1.165, 1.54) is 0 Å². The highest BCUT2D eigenvalue weighted by Crippen LogP contribution is 2.19. The summed E-state index contributed by atoms with van der Waals surface area (Å²) in [6.45, 7) is 2.52. The van der Waals surface area contributed by atoms with Gasteiger partial charge in [0.25, 0.3) is 0 Å². The fraction of sp³-hybridized carbons (Fsp3) is 0.368. The summed E-state index contributed by atoms with van der Waals surface area (Å²) < 4.78 is 0. The van der Waals surface area contributed by atoms with Gasteiger partial charge >= 0.3 is 5.97 Å². The van der Waals surface area contributed by atoms with E-state index in [0.717, 1.165) is 12.0 Å². The van der Waals surface area contributed by atoms with E-state index >= 15 is 0 Å². The van der Waals surface area contributed by atoms with Crippen molar-refractivity contribution >= 4 is 17.7 Å². The largest absolute Gasteiger partial charge is 0.478 e. The van der Waals surface area contributed by atoms with E-state index in [9.17, 15) is 14.7 Å². The van der Waals surface area contributed by atoms with Crippen molar-refractivity contribution in [2.45, 2.75) is 19.3 Å². The van der Waals surface area contributed by atoms with E-state index in [2.05, 4.69) is 9.97 Å². The number of aromatic carboxylic acids is 1. The summed E-state index contributed by atoms with van der Waals surface area (Å²) in [6, 6.07) is 7.03. The maximum atomic E-state index is 12.5. The van der Waals surface area contributed by atoms with Crippen molar-refractivity contribution < 1.29 is 14.7 Å². The topological polar surface area (TPSA) is 86.6 Å². The molecule has 3 heterocycles. The van der Waals surface area contributed by atoms with Gasteiger partial charge in [0.15, 0.2) is 0 Å². The van der Waals surface area contributed by atoms with E-state index in [4.69, 9.17) is 0 Å². The highest BCUT2D eigenvalue weighted by Gasteiger charge is 2.22. The Bertz CT molecular complexity index is 766. The van der Waals surface area contributed by atoms with Gasteiger partial charge in [-0.1, -0.05) is 0 Å². The van der Waals surface area contributed by atoms with Gasteiger partial charge in [-0.05, 0) is 42.7 Å². The summed E-state index contributed by atoms with van der Waals surface area (Å²) in [4.78, 5) is 36.0. The minimum atomic E-state index is -0.984. The lowest BCUT2D eigenvalue weighted by Crippen LogP contribution is -2.35. The molecule has 7 heteroatoms. The predicted octanol–water partition coefficient (Wildman–Crippen LogP) is 1.85. The van der Waals surface area contributed by atoms with Crippen molar-refractivity contribution in [2.75, 3.05) is 31.1 Å². The first kappa shape index (κ1) is 17.8. The second-order valence-electron chi connectivity index (χ2n) is 6.26. The second kappa shape index (κ2) is 8.42. The maximum Gasteiger partial charge on any atom is 0.339 e. The quantitative estimate of drug-likeness (QED) is 0.882. The van der Waals surface area contributed by atoms with Gasteiger partial charge in [-0.15, -0.1) is 0 Å². The number of carbonyl (C=O) groups is 2. The van der Waals surface area contributed by atoms with E-state index in [1.54, 1.807) is 30.7 Å². The van der Waals surface area contributed by atoms with Crippen molar-refractivity contribution in [1.82, 2.24) is 14.9 Å². The third-order valence-corrected chi connectivity index (χ3v) is 4.54. The van der Waals surface area contributed by atoms with Crippen molar-refractivity contribution in [3.63, 3.8) is 0 Å². The minimum absolute atomic E-state index is 0.128. The summed E-state index contributed by atoms with van der Waals surface area (Å²) in [5.41, 5.74) is 1.30. The minimum Gasteiger partial charge on any atom is -0.478 e. The van der Waals surface area contributed by atoms with E-state index in [1.807, 2.05) is 21.9 Å². The highest BCUT2D eigenvalue weighted by atomic mass is 16.4. The van der Waals surface area contributed by atoms with Crippen LogP contribution in [0, 0.1) is 0 Å². The molecule has 1 N–H and O–H groups in total. The molecule has 1 saturated heterocycles. The van der Waals surface area contributed by atoms with Crippen LogP contribution in [0.5, 0.6) is 0 Å². The number of aromatic nitrogens is 2. The SMILES string of the molecule is O=C(O)c1cccnc1N1CCCN(C(=O)CCc2ccncc2)CC1. The van der Waals surface area contributed by atoms with Crippen molar-refractivity contribution in [3.8, 4) is 0 Å². The molecule has 1 aliphatic rings. The van der Waals surface area contributed by atoms with Crippen LogP contribution in [0.15, 0.2) is 42.9 Å². The summed E-state index contributed by atoms with van der Waals surface area (Å²) in [6.07, 6.45) is 7.02. The van der Waals surface area contributed by atoms with Gasteiger partial charge in [0.2, 0.25) is 5.91 Å². The summed E-state index contributed by atoms with van der Waals surface area (Å²) in [5.74, 6) is -0.378. The Hall–Kier alpha value is -2.96. The maximum absolute atomic E-state index is 12.5. The average Bonchev–Trinajstić information content (AvgIpc) is 2.93. The lowest BCUT2D eigenvalue weighted by atomic mass is 10.1. The van der Waals surface area contributed by atoms with Crippen LogP contribution in [0.3, 0.4) is 0 Å². The molecule has 0 radical (unpaired) electrons. The fourth-order valence-electron chi connectivity index (χ4n) is 3.15. The third-order valence-electron chi connectivity index (χ3n) is 4.54. The highest BCUT2D eigenvalue weighted by molar-refractivity contribution is 5.93. The van der Waals surface area contributed by atoms with Gasteiger partial charge in [0.1, 0.15) is 11.4 Å². The zero-order valence-corrected chi connectivity index (χ0v) is 14.5. The molecule has 1 aliphatic heterocycles. The number of hydrogen-bond acceptors (Lipinski definition) is 5. The van der Waals surface area contributed by atoms with Crippen molar-refractivity contribution in [3.05, 3.63) is 54.0 Å². The van der Waals surface area contributed by atoms with Gasteiger partial charge in [0, 0.05) is 51.2 Å². The Morgan fingerprint density at radius 2 is 1.85 bits per heavy atom. The lowest BCUT2D eigenvalue weighted by molar-refractivity contribution is -0.130. The third kappa shape index (κ3) is 4.36. The molecule has 0 spiro atoms. The molecule has 1 amide bonds. The number of pyridine rings is 2. The molecule has 0 aliphatic carbocycles. The molecule has 2 aromatic rings. The molecule has 0 atom stereocenters. The molecule has 1 fully saturated rings. The summed E-state index contributed by atoms with van der Waals surface area (Å²) in [7, 11) is 0. The zero-order valence-electron chi connectivity index (χ0n) is 14.5. The number of carboxylic acids is 1. The molecular formula is C19H22N4O3. The molecule has 7 nitrogen and oxygen atoms in total. The van der Waals surface area contributed by atoms with E-state index in [-0.39, 0.29) is 11.5 Å². The summed E-state index contributed by atoms with van der Waals surface area (Å²) in [5, 5.41) is 9.35. The standard InChI is InChI=1S/C19H22N4O3/c24-17(5-4-15-6-9-20-10-7-15)22-11-2-12-23(14-13-22)18-16(19(25)26)3-1-8-21-18/h1,3,6-10H,2,4-5,11-14H2,(H,25,26). The first-order valence-electron chi connectivity index (χ1n) is 8.75. The number of hydrogen-bond donors (Lipinski definition) is 1. The average molecular weight is 354 g/mol. The molecule has 3 rings (SSSR count). The number of aryl methyl sites for hydroxylation is 1. The van der Waals surface area contributed by atoms with Crippen LogP contribution < -0.4 is 4.90 Å². The molecular weight excluding hydrogens is 332 g/mol. The Kier molecular flexibility index (Phi) is 5.78. The number of anilines is 1. The van der Waals surface area contributed by atoms with Crippen LogP contribution in [0.25, 0.3) is 0 Å². The number of rotatable bonds is 5. The molecule has 0 bridgehead atoms. The number of nitrogens with zero attached hydrogens (tertiary/aromatic N) is 4. The molecule has 0 saturated carbocycles. The monoisotopic (exact) mass is 354 g/mol. The zero-order chi connectivity index (χ0) is 18.4. The molecule has 136 valence electrons. The van der Waals surface area contributed by atoms with Crippen LogP contribution in [-0.2, 0) is 11.2 Å². The Morgan fingerprint density at radius 1 is 1.04 bits per heavy atom. The fourth-order valence-corrected chi connectivity index (χ4v) is 3.15. The van der Waals surface area contributed by atoms with Gasteiger partial charge in [-0.2, -0.15) is 0 Å². The molecule has 0 aromatic carbocycles. The molecule has 26 heavy (non-hydrogen) atoms. The van der Waals surface area contributed by atoms with Crippen molar-refractivity contribution in [1.29, 1.82) is 0 Å². The van der Waals surface area contributed by atoms with Gasteiger partial charge in [0.05, 0.1) is 0 Å². The smallest absolute Gasteiger partial charge is 0.339 e. The van der Waals surface area contributed by atoms with Crippen LogP contribution in [0.4, 0.5) is 5.82 Å². The number of carbonyl (C=O) groups excluding carboxylic acids is 1. The Balaban J connectivity index is 1.60. The van der Waals surface area contributed by atoms with Crippen molar-refractivity contribution in [2.24, 2.45) is 0 Å². The summed E-state index contributed by atoms with van der Waals surface area (Å²) >= 11 is 0. The van der Waals surface area contributed by atoms with Crippen LogP contribution in [-0.4, -0.2) is 58.0 Å². The number of carboxylic acid groups (broad SMARTS) is 1. The molecule has 2 aromatic heterocycles.